The summed E-state index contributed by atoms with van der Waals surface area (Å²) in [6, 6.07) is 1.21. The SMILES string of the molecule is C=C(C)CN(CC)C(=O)CN(CC1CCCCN1)C1CC1. The molecule has 0 spiro atoms. The highest BCUT2D eigenvalue weighted by molar-refractivity contribution is 5.78. The average Bonchev–Trinajstić information content (AvgIpc) is 3.29. The third-order valence-electron chi connectivity index (χ3n) is 4.46. The van der Waals surface area contributed by atoms with E-state index in [2.05, 4.69) is 16.8 Å². The Balaban J connectivity index is 1.86. The van der Waals surface area contributed by atoms with Crippen molar-refractivity contribution in [1.29, 1.82) is 0 Å². The minimum atomic E-state index is 0.253. The summed E-state index contributed by atoms with van der Waals surface area (Å²) >= 11 is 0. The van der Waals surface area contributed by atoms with Crippen molar-refractivity contribution in [3.05, 3.63) is 12.2 Å². The predicted molar refractivity (Wildman–Crippen MR) is 87.3 cm³/mol. The summed E-state index contributed by atoms with van der Waals surface area (Å²) in [5.41, 5.74) is 1.05. The number of hydrogen-bond donors (Lipinski definition) is 1. The zero-order valence-electron chi connectivity index (χ0n) is 13.7. The van der Waals surface area contributed by atoms with Crippen LogP contribution in [0.15, 0.2) is 12.2 Å². The molecule has 1 unspecified atom stereocenters. The lowest BCUT2D eigenvalue weighted by Gasteiger charge is -2.32. The van der Waals surface area contributed by atoms with Gasteiger partial charge in [-0.15, -0.1) is 0 Å². The molecule has 1 aliphatic carbocycles. The van der Waals surface area contributed by atoms with E-state index in [1.165, 1.54) is 32.1 Å². The van der Waals surface area contributed by atoms with Gasteiger partial charge in [-0.1, -0.05) is 18.6 Å². The van der Waals surface area contributed by atoms with Crippen molar-refractivity contribution < 1.29 is 4.79 Å². The smallest absolute Gasteiger partial charge is 0.237 e. The van der Waals surface area contributed by atoms with Crippen LogP contribution in [-0.2, 0) is 4.79 Å². The monoisotopic (exact) mass is 293 g/mol. The third-order valence-corrected chi connectivity index (χ3v) is 4.46. The summed E-state index contributed by atoms with van der Waals surface area (Å²) in [6.07, 6.45) is 6.38. The Hall–Kier alpha value is -0.870. The van der Waals surface area contributed by atoms with Crippen molar-refractivity contribution in [2.75, 3.05) is 32.7 Å². The molecule has 1 aliphatic heterocycles. The highest BCUT2D eigenvalue weighted by Gasteiger charge is 2.32. The van der Waals surface area contributed by atoms with Gasteiger partial charge in [0, 0.05) is 31.7 Å². The number of nitrogens with one attached hydrogen (secondary N) is 1. The van der Waals surface area contributed by atoms with Gasteiger partial charge >= 0.3 is 0 Å². The molecule has 0 radical (unpaired) electrons. The topological polar surface area (TPSA) is 35.6 Å². The predicted octanol–water partition coefficient (Wildman–Crippen LogP) is 2.02. The largest absolute Gasteiger partial charge is 0.338 e. The number of carbonyl (C=O) groups is 1. The van der Waals surface area contributed by atoms with E-state index >= 15 is 0 Å². The second-order valence-corrected chi connectivity index (χ2v) is 6.67. The maximum absolute atomic E-state index is 12.5. The summed E-state index contributed by atoms with van der Waals surface area (Å²) in [4.78, 5) is 16.8. The van der Waals surface area contributed by atoms with Crippen LogP contribution >= 0.6 is 0 Å². The van der Waals surface area contributed by atoms with Crippen LogP contribution < -0.4 is 5.32 Å². The Morgan fingerprint density at radius 3 is 2.52 bits per heavy atom. The number of amides is 1. The molecular formula is C17H31N3O. The maximum Gasteiger partial charge on any atom is 0.237 e. The summed E-state index contributed by atoms with van der Waals surface area (Å²) < 4.78 is 0. The van der Waals surface area contributed by atoms with Crippen LogP contribution in [0, 0.1) is 0 Å². The average molecular weight is 293 g/mol. The lowest BCUT2D eigenvalue weighted by Crippen LogP contribution is -2.48. The van der Waals surface area contributed by atoms with E-state index in [-0.39, 0.29) is 5.91 Å². The summed E-state index contributed by atoms with van der Waals surface area (Å²) in [5.74, 6) is 0.253. The van der Waals surface area contributed by atoms with Crippen molar-refractivity contribution in [2.24, 2.45) is 0 Å². The van der Waals surface area contributed by atoms with Gasteiger partial charge in [0.2, 0.25) is 5.91 Å². The van der Waals surface area contributed by atoms with Gasteiger partial charge in [-0.25, -0.2) is 0 Å². The first kappa shape index (κ1) is 16.5. The van der Waals surface area contributed by atoms with E-state index in [4.69, 9.17) is 0 Å². The van der Waals surface area contributed by atoms with Crippen molar-refractivity contribution in [3.63, 3.8) is 0 Å². The number of carbonyl (C=O) groups excluding carboxylic acids is 1. The molecule has 1 saturated heterocycles. The van der Waals surface area contributed by atoms with Gasteiger partial charge in [0.05, 0.1) is 6.54 Å². The van der Waals surface area contributed by atoms with Crippen LogP contribution in [0.5, 0.6) is 0 Å². The second kappa shape index (κ2) is 7.95. The number of nitrogens with zero attached hydrogens (tertiary/aromatic N) is 2. The third kappa shape index (κ3) is 5.44. The molecule has 4 nitrogen and oxygen atoms in total. The Morgan fingerprint density at radius 1 is 1.24 bits per heavy atom. The number of piperidine rings is 1. The van der Waals surface area contributed by atoms with E-state index in [1.54, 1.807) is 0 Å². The lowest BCUT2D eigenvalue weighted by atomic mass is 10.0. The fraction of sp³-hybridized carbons (Fsp3) is 0.824. The maximum atomic E-state index is 12.5. The summed E-state index contributed by atoms with van der Waals surface area (Å²) in [5, 5.41) is 3.60. The molecule has 2 aliphatic rings. The normalized spacial score (nSPS) is 22.3. The van der Waals surface area contributed by atoms with Crippen LogP contribution in [0.1, 0.15) is 46.0 Å². The molecule has 1 atom stereocenters. The molecule has 1 amide bonds. The minimum Gasteiger partial charge on any atom is -0.338 e. The first-order valence-corrected chi connectivity index (χ1v) is 8.49. The van der Waals surface area contributed by atoms with Crippen molar-refractivity contribution in [2.45, 2.75) is 58.0 Å². The number of hydrogen-bond acceptors (Lipinski definition) is 3. The van der Waals surface area contributed by atoms with Gasteiger partial charge in [0.15, 0.2) is 0 Å². The number of rotatable bonds is 8. The molecule has 0 aromatic carbocycles. The Kier molecular flexibility index (Phi) is 6.24. The zero-order chi connectivity index (χ0) is 15.2. The van der Waals surface area contributed by atoms with Crippen LogP contribution in [0.25, 0.3) is 0 Å². The Labute approximate surface area is 129 Å². The molecule has 1 heterocycles. The Morgan fingerprint density at radius 2 is 2.00 bits per heavy atom. The van der Waals surface area contributed by atoms with Crippen molar-refractivity contribution >= 4 is 5.91 Å². The summed E-state index contributed by atoms with van der Waals surface area (Å²) in [6.45, 7) is 12.2. The van der Waals surface area contributed by atoms with Crippen molar-refractivity contribution in [3.8, 4) is 0 Å². The van der Waals surface area contributed by atoms with Gasteiger partial charge in [0.1, 0.15) is 0 Å². The lowest BCUT2D eigenvalue weighted by molar-refractivity contribution is -0.132. The van der Waals surface area contributed by atoms with Crippen LogP contribution in [0.2, 0.25) is 0 Å². The molecule has 4 heteroatoms. The highest BCUT2D eigenvalue weighted by Crippen LogP contribution is 2.27. The van der Waals surface area contributed by atoms with E-state index in [0.717, 1.165) is 25.2 Å². The second-order valence-electron chi connectivity index (χ2n) is 6.67. The molecule has 0 aromatic heterocycles. The standard InChI is InChI=1S/C17H31N3O/c1-4-19(11-14(2)3)17(21)13-20(16-8-9-16)12-15-7-5-6-10-18-15/h15-16,18H,2,4-13H2,1,3H3. The molecule has 1 saturated carbocycles. The minimum absolute atomic E-state index is 0.253. The molecule has 1 N–H and O–H groups in total. The van der Waals surface area contributed by atoms with Gasteiger partial charge in [-0.3, -0.25) is 9.69 Å². The van der Waals surface area contributed by atoms with E-state index < -0.39 is 0 Å². The zero-order valence-corrected chi connectivity index (χ0v) is 13.7. The molecule has 2 rings (SSSR count). The highest BCUT2D eigenvalue weighted by atomic mass is 16.2. The fourth-order valence-electron chi connectivity index (χ4n) is 3.12. The fourth-order valence-corrected chi connectivity index (χ4v) is 3.12. The molecule has 0 bridgehead atoms. The number of likely N-dealkylation sites (N-methyl/N-ethyl adjacent to an activating group) is 1. The molecule has 2 fully saturated rings. The quantitative estimate of drug-likeness (QED) is 0.696. The molecule has 21 heavy (non-hydrogen) atoms. The van der Waals surface area contributed by atoms with Gasteiger partial charge in [0.25, 0.3) is 0 Å². The molecule has 120 valence electrons. The molecule has 0 aromatic rings. The van der Waals surface area contributed by atoms with Crippen LogP contribution in [0.3, 0.4) is 0 Å². The van der Waals surface area contributed by atoms with E-state index in [1.807, 2.05) is 18.7 Å². The first-order chi connectivity index (χ1) is 10.1. The van der Waals surface area contributed by atoms with Crippen LogP contribution in [-0.4, -0.2) is 60.5 Å². The Bertz CT molecular complexity index is 359. The summed E-state index contributed by atoms with van der Waals surface area (Å²) in [7, 11) is 0. The molecular weight excluding hydrogens is 262 g/mol. The van der Waals surface area contributed by atoms with Crippen LogP contribution in [0.4, 0.5) is 0 Å². The van der Waals surface area contributed by atoms with Gasteiger partial charge < -0.3 is 10.2 Å². The van der Waals surface area contributed by atoms with Crippen molar-refractivity contribution in [1.82, 2.24) is 15.1 Å². The van der Waals surface area contributed by atoms with Gasteiger partial charge in [-0.05, 0) is 46.1 Å². The van der Waals surface area contributed by atoms with Gasteiger partial charge in [-0.2, -0.15) is 0 Å². The first-order valence-electron chi connectivity index (χ1n) is 8.49. The van der Waals surface area contributed by atoms with E-state index in [9.17, 15) is 4.79 Å². The van der Waals surface area contributed by atoms with E-state index in [0.29, 0.717) is 25.2 Å².